The van der Waals surface area contributed by atoms with Crippen molar-refractivity contribution in [1.29, 1.82) is 0 Å². The highest BCUT2D eigenvalue weighted by molar-refractivity contribution is 14.1. The summed E-state index contributed by atoms with van der Waals surface area (Å²) < 4.78 is 3.98. The molecule has 0 atom stereocenters. The first-order valence-corrected chi connectivity index (χ1v) is 4.34. The van der Waals surface area contributed by atoms with Gasteiger partial charge in [0.2, 0.25) is 0 Å². The molecule has 0 fully saturated rings. The van der Waals surface area contributed by atoms with E-state index >= 15 is 0 Å². The molecule has 50 valence electrons. The average molecular weight is 301 g/mol. The molecular weight excluding hydrogens is 295 g/mol. The Morgan fingerprint density at radius 3 is 2.33 bits per heavy atom. The van der Waals surface area contributed by atoms with Gasteiger partial charge in [0, 0.05) is 12.7 Å². The van der Waals surface area contributed by atoms with Crippen LogP contribution in [0.5, 0.6) is 0 Å². The molecule has 0 aromatic carbocycles. The lowest BCUT2D eigenvalue weighted by Crippen LogP contribution is -1.91. The number of halogens is 2. The van der Waals surface area contributed by atoms with E-state index in [0.717, 1.165) is 4.60 Å². The minimum Gasteiger partial charge on any atom is -0.271 e. The summed E-state index contributed by atoms with van der Waals surface area (Å²) in [6.07, 6.45) is 0. The van der Waals surface area contributed by atoms with Crippen molar-refractivity contribution in [2.24, 2.45) is 7.05 Å². The van der Waals surface area contributed by atoms with Crippen LogP contribution in [0.15, 0.2) is 4.60 Å². The molecule has 0 radical (unpaired) electrons. The van der Waals surface area contributed by atoms with Gasteiger partial charge in [-0.25, -0.2) is 0 Å². The van der Waals surface area contributed by atoms with Crippen molar-refractivity contribution in [3.05, 3.63) is 13.9 Å². The van der Waals surface area contributed by atoms with Crippen LogP contribution in [0.3, 0.4) is 0 Å². The van der Waals surface area contributed by atoms with Crippen LogP contribution in [0.2, 0.25) is 0 Å². The summed E-state index contributed by atoms with van der Waals surface area (Å²) in [5.41, 5.74) is 1.20. The van der Waals surface area contributed by atoms with Crippen molar-refractivity contribution >= 4 is 38.5 Å². The molecule has 2 nitrogen and oxygen atoms in total. The number of rotatable bonds is 0. The summed E-state index contributed by atoms with van der Waals surface area (Å²) in [7, 11) is 1.93. The zero-order valence-electron chi connectivity index (χ0n) is 5.15. The molecule has 0 saturated heterocycles. The first kappa shape index (κ1) is 7.53. The number of nitrogens with zero attached hydrogens (tertiary/aromatic N) is 2. The third-order valence-electron chi connectivity index (χ3n) is 1.22. The third kappa shape index (κ3) is 1.29. The predicted octanol–water partition coefficient (Wildman–Crippen LogP) is 2.10. The average Bonchev–Trinajstić information content (AvgIpc) is 1.98. The van der Waals surface area contributed by atoms with Crippen molar-refractivity contribution in [2.75, 3.05) is 0 Å². The van der Waals surface area contributed by atoms with Crippen molar-refractivity contribution in [2.45, 2.75) is 6.92 Å². The zero-order valence-corrected chi connectivity index (χ0v) is 8.89. The van der Waals surface area contributed by atoms with Crippen LogP contribution < -0.4 is 0 Å². The molecule has 0 bridgehead atoms. The topological polar surface area (TPSA) is 17.8 Å². The van der Waals surface area contributed by atoms with E-state index in [1.165, 1.54) is 9.26 Å². The molecule has 0 saturated carbocycles. The molecule has 1 rings (SSSR count). The van der Waals surface area contributed by atoms with Gasteiger partial charge in [0.05, 0.1) is 3.57 Å². The van der Waals surface area contributed by atoms with Crippen LogP contribution in [-0.2, 0) is 7.05 Å². The van der Waals surface area contributed by atoms with Gasteiger partial charge in [-0.3, -0.25) is 4.68 Å². The number of hydrogen-bond acceptors (Lipinski definition) is 1. The molecule has 0 unspecified atom stereocenters. The lowest BCUT2D eigenvalue weighted by Gasteiger charge is -1.89. The summed E-state index contributed by atoms with van der Waals surface area (Å²) in [5, 5.41) is 4.14. The van der Waals surface area contributed by atoms with Gasteiger partial charge in [0.15, 0.2) is 0 Å². The maximum absolute atomic E-state index is 4.14. The van der Waals surface area contributed by atoms with Gasteiger partial charge in [-0.05, 0) is 45.4 Å². The van der Waals surface area contributed by atoms with E-state index in [1.54, 1.807) is 0 Å². The molecule has 0 aliphatic heterocycles. The molecule has 0 aliphatic carbocycles. The fourth-order valence-electron chi connectivity index (χ4n) is 0.542. The lowest BCUT2D eigenvalue weighted by molar-refractivity contribution is 0.734. The molecule has 0 amide bonds. The first-order chi connectivity index (χ1) is 4.13. The molecule has 4 heteroatoms. The highest BCUT2D eigenvalue weighted by Gasteiger charge is 2.04. The van der Waals surface area contributed by atoms with E-state index in [9.17, 15) is 0 Å². The van der Waals surface area contributed by atoms with Gasteiger partial charge in [0.25, 0.3) is 0 Å². The zero-order chi connectivity index (χ0) is 7.02. The van der Waals surface area contributed by atoms with E-state index in [-0.39, 0.29) is 0 Å². The molecular formula is C5H6BrIN2. The van der Waals surface area contributed by atoms with Gasteiger partial charge in [-0.1, -0.05) is 0 Å². The normalized spacial score (nSPS) is 10.2. The van der Waals surface area contributed by atoms with E-state index in [0.29, 0.717) is 0 Å². The highest BCUT2D eigenvalue weighted by Crippen LogP contribution is 2.19. The quantitative estimate of drug-likeness (QED) is 0.671. The van der Waals surface area contributed by atoms with Crippen LogP contribution in [0.4, 0.5) is 0 Å². The van der Waals surface area contributed by atoms with Gasteiger partial charge in [-0.15, -0.1) is 0 Å². The number of aromatic nitrogens is 2. The van der Waals surface area contributed by atoms with Crippen molar-refractivity contribution < 1.29 is 0 Å². The second kappa shape index (κ2) is 2.57. The Labute approximate surface area is 75.9 Å². The van der Waals surface area contributed by atoms with E-state index in [2.05, 4.69) is 43.6 Å². The van der Waals surface area contributed by atoms with Gasteiger partial charge in [-0.2, -0.15) is 5.10 Å². The summed E-state index contributed by atoms with van der Waals surface area (Å²) in [6.45, 7) is 2.04. The Kier molecular flexibility index (Phi) is 2.15. The summed E-state index contributed by atoms with van der Waals surface area (Å²) >= 11 is 5.59. The van der Waals surface area contributed by atoms with Crippen LogP contribution in [-0.4, -0.2) is 9.78 Å². The molecule has 0 N–H and O–H groups in total. The minimum atomic E-state index is 0.933. The molecule has 0 aliphatic rings. The number of aryl methyl sites for hydroxylation is 1. The monoisotopic (exact) mass is 300 g/mol. The van der Waals surface area contributed by atoms with Crippen molar-refractivity contribution in [3.63, 3.8) is 0 Å². The molecule has 1 heterocycles. The third-order valence-corrected chi connectivity index (χ3v) is 3.81. The SMILES string of the molecule is Cc1c(I)c(Br)nn1C. The fourth-order valence-corrected chi connectivity index (χ4v) is 1.52. The van der Waals surface area contributed by atoms with Crippen LogP contribution >= 0.6 is 38.5 Å². The summed E-state index contributed by atoms with van der Waals surface area (Å²) in [4.78, 5) is 0. The second-order valence-corrected chi connectivity index (χ2v) is 3.64. The van der Waals surface area contributed by atoms with Crippen molar-refractivity contribution in [1.82, 2.24) is 9.78 Å². The Morgan fingerprint density at radius 1 is 1.67 bits per heavy atom. The molecule has 9 heavy (non-hydrogen) atoms. The largest absolute Gasteiger partial charge is 0.271 e. The Hall–Kier alpha value is 0.420. The number of hydrogen-bond donors (Lipinski definition) is 0. The Bertz CT molecular complexity index is 209. The molecule has 1 aromatic heterocycles. The van der Waals surface area contributed by atoms with Crippen LogP contribution in [0, 0.1) is 10.5 Å². The summed E-state index contributed by atoms with van der Waals surface area (Å²) in [5.74, 6) is 0. The smallest absolute Gasteiger partial charge is 0.141 e. The lowest BCUT2D eigenvalue weighted by atomic mass is 10.5. The van der Waals surface area contributed by atoms with E-state index in [4.69, 9.17) is 0 Å². The predicted molar refractivity (Wildman–Crippen MR) is 48.4 cm³/mol. The maximum Gasteiger partial charge on any atom is 0.141 e. The minimum absolute atomic E-state index is 0.933. The van der Waals surface area contributed by atoms with E-state index in [1.807, 2.05) is 18.7 Å². The molecule has 1 aromatic rings. The Balaban J connectivity index is 3.29. The van der Waals surface area contributed by atoms with Gasteiger partial charge in [0.1, 0.15) is 4.60 Å². The Morgan fingerprint density at radius 2 is 2.22 bits per heavy atom. The highest BCUT2D eigenvalue weighted by atomic mass is 127. The van der Waals surface area contributed by atoms with E-state index < -0.39 is 0 Å². The van der Waals surface area contributed by atoms with Crippen LogP contribution in [0.25, 0.3) is 0 Å². The van der Waals surface area contributed by atoms with Crippen molar-refractivity contribution in [3.8, 4) is 0 Å². The summed E-state index contributed by atoms with van der Waals surface area (Å²) in [6, 6.07) is 0. The fraction of sp³-hybridized carbons (Fsp3) is 0.400. The second-order valence-electron chi connectivity index (χ2n) is 1.81. The maximum atomic E-state index is 4.14. The van der Waals surface area contributed by atoms with Gasteiger partial charge >= 0.3 is 0 Å². The van der Waals surface area contributed by atoms with Gasteiger partial charge < -0.3 is 0 Å². The molecule has 0 spiro atoms. The standard InChI is InChI=1S/C5H6BrIN2/c1-3-4(7)5(6)8-9(3)2/h1-2H3. The first-order valence-electron chi connectivity index (χ1n) is 2.47. The van der Waals surface area contributed by atoms with Crippen LogP contribution in [0.1, 0.15) is 5.69 Å².